The topological polar surface area (TPSA) is 9.23 Å². The van der Waals surface area contributed by atoms with Crippen LogP contribution in [0.3, 0.4) is 0 Å². The molecule has 2 rings (SSSR count). The van der Waals surface area contributed by atoms with Crippen molar-refractivity contribution in [1.29, 1.82) is 0 Å². The standard InChI is InChI=1S/C15H18NO/c1-16(2,13-7-5-4-6-8-13)14-9-11-15(17-3)12-10-14/h4-12H,1-3H3/q+1. The second kappa shape index (κ2) is 4.60. The third kappa shape index (κ3) is 2.32. The third-order valence-electron chi connectivity index (χ3n) is 3.12. The number of hydrogen-bond acceptors (Lipinski definition) is 1. The first-order valence-corrected chi connectivity index (χ1v) is 5.69. The molecular formula is C15H18NO+. The number of nitrogens with zero attached hydrogens (tertiary/aromatic N) is 1. The normalized spacial score (nSPS) is 11.2. The van der Waals surface area contributed by atoms with E-state index in [1.807, 2.05) is 18.2 Å². The summed E-state index contributed by atoms with van der Waals surface area (Å²) in [7, 11) is 6.04. The Bertz CT molecular complexity index is 474. The molecule has 0 atom stereocenters. The molecule has 0 N–H and O–H groups in total. The number of quaternary nitrogens is 1. The quantitative estimate of drug-likeness (QED) is 0.729. The Morgan fingerprint density at radius 3 is 1.82 bits per heavy atom. The van der Waals surface area contributed by atoms with Crippen LogP contribution in [0.15, 0.2) is 54.6 Å². The van der Waals surface area contributed by atoms with Crippen molar-refractivity contribution < 1.29 is 4.74 Å². The molecule has 0 bridgehead atoms. The summed E-state index contributed by atoms with van der Waals surface area (Å²) in [4.78, 5) is 0. The summed E-state index contributed by atoms with van der Waals surface area (Å²) in [5, 5.41) is 0. The summed E-state index contributed by atoms with van der Waals surface area (Å²) in [6.07, 6.45) is 0. The summed E-state index contributed by atoms with van der Waals surface area (Å²) in [5.74, 6) is 0.891. The molecule has 0 spiro atoms. The van der Waals surface area contributed by atoms with Gasteiger partial charge in [-0.2, -0.15) is 0 Å². The molecule has 0 aromatic heterocycles. The zero-order chi connectivity index (χ0) is 12.3. The lowest BCUT2D eigenvalue weighted by atomic mass is 10.2. The van der Waals surface area contributed by atoms with Gasteiger partial charge in [-0.15, -0.1) is 0 Å². The van der Waals surface area contributed by atoms with E-state index in [4.69, 9.17) is 4.74 Å². The lowest BCUT2D eigenvalue weighted by Gasteiger charge is -2.28. The monoisotopic (exact) mass is 228 g/mol. The van der Waals surface area contributed by atoms with Crippen molar-refractivity contribution in [3.63, 3.8) is 0 Å². The maximum absolute atomic E-state index is 5.18. The Hall–Kier alpha value is -1.80. The fourth-order valence-electron chi connectivity index (χ4n) is 1.90. The van der Waals surface area contributed by atoms with Gasteiger partial charge in [0.1, 0.15) is 17.1 Å². The number of ether oxygens (including phenoxy) is 1. The first-order valence-electron chi connectivity index (χ1n) is 5.69. The van der Waals surface area contributed by atoms with Crippen molar-refractivity contribution in [3.8, 4) is 5.75 Å². The van der Waals surface area contributed by atoms with Gasteiger partial charge in [0.2, 0.25) is 0 Å². The van der Waals surface area contributed by atoms with Gasteiger partial charge in [-0.05, 0) is 24.3 Å². The average molecular weight is 228 g/mol. The highest BCUT2D eigenvalue weighted by molar-refractivity contribution is 5.57. The van der Waals surface area contributed by atoms with Crippen molar-refractivity contribution in [2.45, 2.75) is 0 Å². The van der Waals surface area contributed by atoms with E-state index >= 15 is 0 Å². The van der Waals surface area contributed by atoms with Gasteiger partial charge < -0.3 is 4.74 Å². The Kier molecular flexibility index (Phi) is 3.16. The van der Waals surface area contributed by atoms with Crippen LogP contribution in [-0.4, -0.2) is 21.2 Å². The number of rotatable bonds is 3. The van der Waals surface area contributed by atoms with Crippen LogP contribution in [0.2, 0.25) is 0 Å². The Morgan fingerprint density at radius 2 is 1.29 bits per heavy atom. The number of methoxy groups -OCH3 is 1. The van der Waals surface area contributed by atoms with Gasteiger partial charge >= 0.3 is 0 Å². The first-order chi connectivity index (χ1) is 8.14. The molecule has 0 heterocycles. The van der Waals surface area contributed by atoms with E-state index < -0.39 is 0 Å². The van der Waals surface area contributed by atoms with Crippen molar-refractivity contribution in [2.24, 2.45) is 0 Å². The highest BCUT2D eigenvalue weighted by atomic mass is 16.5. The fourth-order valence-corrected chi connectivity index (χ4v) is 1.90. The lowest BCUT2D eigenvalue weighted by molar-refractivity contribution is 0.414. The third-order valence-corrected chi connectivity index (χ3v) is 3.12. The second-order valence-electron chi connectivity index (χ2n) is 4.49. The zero-order valence-corrected chi connectivity index (χ0v) is 10.6. The SMILES string of the molecule is COc1ccc([N+](C)(C)c2ccccc2)cc1. The number of hydrogen-bond donors (Lipinski definition) is 0. The van der Waals surface area contributed by atoms with Crippen LogP contribution in [0.5, 0.6) is 5.75 Å². The van der Waals surface area contributed by atoms with E-state index in [1.165, 1.54) is 11.4 Å². The van der Waals surface area contributed by atoms with Gasteiger partial charge in [0.05, 0.1) is 21.2 Å². The summed E-state index contributed by atoms with van der Waals surface area (Å²) in [6.45, 7) is 0. The summed E-state index contributed by atoms with van der Waals surface area (Å²) >= 11 is 0. The largest absolute Gasteiger partial charge is 0.497 e. The predicted octanol–water partition coefficient (Wildman–Crippen LogP) is 3.59. The van der Waals surface area contributed by atoms with Gasteiger partial charge in [0, 0.05) is 12.1 Å². The minimum Gasteiger partial charge on any atom is -0.497 e. The van der Waals surface area contributed by atoms with E-state index in [-0.39, 0.29) is 0 Å². The summed E-state index contributed by atoms with van der Waals surface area (Å²) < 4.78 is 5.91. The Balaban J connectivity index is 2.37. The highest BCUT2D eigenvalue weighted by Crippen LogP contribution is 2.31. The van der Waals surface area contributed by atoms with Crippen LogP contribution in [0.25, 0.3) is 0 Å². The van der Waals surface area contributed by atoms with Crippen LogP contribution in [0.4, 0.5) is 11.4 Å². The van der Waals surface area contributed by atoms with Crippen LogP contribution >= 0.6 is 0 Å². The molecule has 88 valence electrons. The molecule has 0 saturated heterocycles. The van der Waals surface area contributed by atoms with Crippen LogP contribution in [0, 0.1) is 0 Å². The minimum absolute atomic E-state index is 0.727. The van der Waals surface area contributed by atoms with Gasteiger partial charge in [0.15, 0.2) is 0 Å². The minimum atomic E-state index is 0.727. The van der Waals surface area contributed by atoms with Crippen molar-refractivity contribution in [3.05, 3.63) is 54.6 Å². The molecule has 0 fully saturated rings. The van der Waals surface area contributed by atoms with Crippen molar-refractivity contribution in [1.82, 2.24) is 4.48 Å². The lowest BCUT2D eigenvalue weighted by Crippen LogP contribution is -2.34. The molecule has 0 unspecified atom stereocenters. The summed E-state index contributed by atoms with van der Waals surface area (Å²) in [5.41, 5.74) is 2.50. The smallest absolute Gasteiger partial charge is 0.137 e. The van der Waals surface area contributed by atoms with Crippen LogP contribution in [0.1, 0.15) is 0 Å². The maximum atomic E-state index is 5.18. The first kappa shape index (κ1) is 11.7. The zero-order valence-electron chi connectivity index (χ0n) is 10.6. The van der Waals surface area contributed by atoms with Gasteiger partial charge in [-0.3, -0.25) is 4.48 Å². The van der Waals surface area contributed by atoms with E-state index in [0.29, 0.717) is 0 Å². The van der Waals surface area contributed by atoms with Gasteiger partial charge in [0.25, 0.3) is 0 Å². The molecule has 17 heavy (non-hydrogen) atoms. The molecule has 2 aromatic rings. The summed E-state index contributed by atoms with van der Waals surface area (Å²) in [6, 6.07) is 18.7. The highest BCUT2D eigenvalue weighted by Gasteiger charge is 2.21. The molecule has 2 heteroatoms. The van der Waals surface area contributed by atoms with E-state index in [1.54, 1.807) is 7.11 Å². The maximum Gasteiger partial charge on any atom is 0.137 e. The molecule has 2 aromatic carbocycles. The van der Waals surface area contributed by atoms with Gasteiger partial charge in [-0.1, -0.05) is 18.2 Å². The van der Waals surface area contributed by atoms with Crippen LogP contribution in [-0.2, 0) is 0 Å². The number of benzene rings is 2. The molecule has 0 aliphatic carbocycles. The van der Waals surface area contributed by atoms with Crippen LogP contribution < -0.4 is 9.22 Å². The van der Waals surface area contributed by atoms with Crippen molar-refractivity contribution in [2.75, 3.05) is 21.2 Å². The molecular weight excluding hydrogens is 210 g/mol. The second-order valence-corrected chi connectivity index (χ2v) is 4.49. The Labute approximate surface area is 103 Å². The van der Waals surface area contributed by atoms with Crippen molar-refractivity contribution >= 4 is 11.4 Å². The predicted molar refractivity (Wildman–Crippen MR) is 72.7 cm³/mol. The van der Waals surface area contributed by atoms with E-state index in [9.17, 15) is 0 Å². The Morgan fingerprint density at radius 1 is 0.765 bits per heavy atom. The van der Waals surface area contributed by atoms with E-state index in [2.05, 4.69) is 50.5 Å². The molecule has 0 amide bonds. The molecule has 0 saturated carbocycles. The average Bonchev–Trinajstić information content (AvgIpc) is 2.40. The molecule has 0 radical (unpaired) electrons. The fraction of sp³-hybridized carbons (Fsp3) is 0.200. The molecule has 0 aliphatic rings. The van der Waals surface area contributed by atoms with E-state index in [0.717, 1.165) is 10.2 Å². The molecule has 2 nitrogen and oxygen atoms in total. The van der Waals surface area contributed by atoms with Gasteiger partial charge in [-0.25, -0.2) is 0 Å². The number of para-hydroxylation sites is 1. The molecule has 0 aliphatic heterocycles.